The fourth-order valence-electron chi connectivity index (χ4n) is 3.00. The molecule has 0 aromatic carbocycles. The lowest BCUT2D eigenvalue weighted by Crippen LogP contribution is -2.31. The molecule has 0 bridgehead atoms. The summed E-state index contributed by atoms with van der Waals surface area (Å²) in [7, 11) is 0. The van der Waals surface area contributed by atoms with Crippen molar-refractivity contribution in [3.05, 3.63) is 33.2 Å². The molecule has 1 saturated carbocycles. The molecule has 1 heterocycles. The summed E-state index contributed by atoms with van der Waals surface area (Å²) in [6.07, 6.45) is 7.15. The van der Waals surface area contributed by atoms with Crippen LogP contribution in [0.4, 0.5) is 0 Å². The average molecular weight is 246 g/mol. The molecule has 0 spiro atoms. The number of aromatic nitrogens is 1. The maximum Gasteiger partial charge on any atom is 0.255 e. The highest BCUT2D eigenvalue weighted by Crippen LogP contribution is 2.36. The van der Waals surface area contributed by atoms with Crippen LogP contribution in [0.15, 0.2) is 10.9 Å². The Hall–Kier alpha value is -1.09. The summed E-state index contributed by atoms with van der Waals surface area (Å²) >= 11 is 0. The molecule has 3 nitrogen and oxygen atoms in total. The number of aryl methyl sites for hydroxylation is 1. The van der Waals surface area contributed by atoms with E-state index in [-0.39, 0.29) is 5.56 Å². The van der Waals surface area contributed by atoms with E-state index < -0.39 is 0 Å². The molecule has 1 N–H and O–H groups in total. The van der Waals surface area contributed by atoms with Crippen LogP contribution in [-0.2, 0) is 19.4 Å². The van der Waals surface area contributed by atoms with Gasteiger partial charge in [-0.2, -0.15) is 0 Å². The molecule has 0 radical (unpaired) electrons. The van der Waals surface area contributed by atoms with E-state index in [1.165, 1.54) is 36.9 Å². The van der Waals surface area contributed by atoms with Crippen molar-refractivity contribution >= 4 is 0 Å². The summed E-state index contributed by atoms with van der Waals surface area (Å²) in [5, 5.41) is 3.29. The minimum absolute atomic E-state index is 0.263. The van der Waals surface area contributed by atoms with Crippen molar-refractivity contribution in [2.24, 2.45) is 0 Å². The number of nitrogens with one attached hydrogen (secondary N) is 1. The topological polar surface area (TPSA) is 34.0 Å². The van der Waals surface area contributed by atoms with Gasteiger partial charge in [0.1, 0.15) is 0 Å². The van der Waals surface area contributed by atoms with E-state index >= 15 is 0 Å². The van der Waals surface area contributed by atoms with Gasteiger partial charge in [-0.25, -0.2) is 0 Å². The van der Waals surface area contributed by atoms with Gasteiger partial charge in [0.2, 0.25) is 0 Å². The first-order valence-electron chi connectivity index (χ1n) is 7.28. The van der Waals surface area contributed by atoms with E-state index in [9.17, 15) is 4.79 Å². The number of hydrogen-bond donors (Lipinski definition) is 1. The molecule has 0 aliphatic heterocycles. The van der Waals surface area contributed by atoms with Gasteiger partial charge in [0.15, 0.2) is 0 Å². The largest absolute Gasteiger partial charge is 0.313 e. The molecule has 2 aliphatic carbocycles. The van der Waals surface area contributed by atoms with Crippen LogP contribution in [0.25, 0.3) is 0 Å². The van der Waals surface area contributed by atoms with E-state index in [1.807, 2.05) is 0 Å². The average Bonchev–Trinajstić information content (AvgIpc) is 3.20. The van der Waals surface area contributed by atoms with Gasteiger partial charge in [-0.1, -0.05) is 6.92 Å². The Morgan fingerprint density at radius 3 is 2.83 bits per heavy atom. The maximum absolute atomic E-state index is 12.6. The van der Waals surface area contributed by atoms with Crippen LogP contribution >= 0.6 is 0 Å². The molecule has 1 fully saturated rings. The molecule has 0 unspecified atom stereocenters. The second-order valence-electron chi connectivity index (χ2n) is 5.54. The van der Waals surface area contributed by atoms with Gasteiger partial charge >= 0.3 is 0 Å². The number of nitrogens with zero attached hydrogens (tertiary/aromatic N) is 1. The van der Waals surface area contributed by atoms with Gasteiger partial charge in [-0.05, 0) is 56.7 Å². The van der Waals surface area contributed by atoms with Crippen molar-refractivity contribution in [2.75, 3.05) is 6.54 Å². The molecule has 0 amide bonds. The summed E-state index contributed by atoms with van der Waals surface area (Å²) in [4.78, 5) is 12.6. The summed E-state index contributed by atoms with van der Waals surface area (Å²) in [6, 6.07) is 2.67. The summed E-state index contributed by atoms with van der Waals surface area (Å²) < 4.78 is 2.13. The zero-order chi connectivity index (χ0) is 12.5. The fourth-order valence-corrected chi connectivity index (χ4v) is 3.00. The number of fused-ring (bicyclic) bond motifs is 1. The van der Waals surface area contributed by atoms with Crippen molar-refractivity contribution in [1.29, 1.82) is 0 Å². The molecule has 2 aliphatic rings. The van der Waals surface area contributed by atoms with Crippen LogP contribution < -0.4 is 10.9 Å². The summed E-state index contributed by atoms with van der Waals surface area (Å²) in [6.45, 7) is 3.72. The van der Waals surface area contributed by atoms with Gasteiger partial charge in [-0.3, -0.25) is 4.79 Å². The third kappa shape index (κ3) is 2.12. The molecule has 0 saturated heterocycles. The van der Waals surface area contributed by atoms with Gasteiger partial charge in [0, 0.05) is 23.8 Å². The Morgan fingerprint density at radius 1 is 1.33 bits per heavy atom. The number of hydrogen-bond acceptors (Lipinski definition) is 2. The highest BCUT2D eigenvalue weighted by atomic mass is 16.1. The first kappa shape index (κ1) is 12.0. The number of rotatable bonds is 4. The summed E-state index contributed by atoms with van der Waals surface area (Å²) in [5.74, 6) is 0. The Kier molecular flexibility index (Phi) is 3.25. The molecule has 1 aromatic heterocycles. The Balaban J connectivity index is 2.06. The molecule has 1 aromatic rings. The van der Waals surface area contributed by atoms with Crippen LogP contribution in [0, 0.1) is 0 Å². The second-order valence-corrected chi connectivity index (χ2v) is 5.54. The summed E-state index contributed by atoms with van der Waals surface area (Å²) in [5.41, 5.74) is 4.00. The monoisotopic (exact) mass is 246 g/mol. The first-order chi connectivity index (χ1) is 8.81. The van der Waals surface area contributed by atoms with Crippen LogP contribution in [-0.4, -0.2) is 11.1 Å². The van der Waals surface area contributed by atoms with Gasteiger partial charge in [0.05, 0.1) is 0 Å². The van der Waals surface area contributed by atoms with E-state index in [2.05, 4.69) is 22.9 Å². The van der Waals surface area contributed by atoms with Crippen molar-refractivity contribution in [3.8, 4) is 0 Å². The fraction of sp³-hybridized carbons (Fsp3) is 0.667. The second kappa shape index (κ2) is 4.88. The molecule has 3 rings (SSSR count). The van der Waals surface area contributed by atoms with Crippen molar-refractivity contribution in [1.82, 2.24) is 9.88 Å². The minimum atomic E-state index is 0.263. The molecular weight excluding hydrogens is 224 g/mol. The van der Waals surface area contributed by atoms with Gasteiger partial charge in [-0.15, -0.1) is 0 Å². The smallest absolute Gasteiger partial charge is 0.255 e. The molecule has 0 atom stereocenters. The molecule has 98 valence electrons. The lowest BCUT2D eigenvalue weighted by molar-refractivity contribution is 0.572. The maximum atomic E-state index is 12.6. The SMILES string of the molecule is CCNCc1cc2c(n(C3CC3)c1=O)CCCC2. The van der Waals surface area contributed by atoms with Crippen LogP contribution in [0.1, 0.15) is 55.5 Å². The highest BCUT2D eigenvalue weighted by molar-refractivity contribution is 5.30. The first-order valence-corrected chi connectivity index (χ1v) is 7.28. The van der Waals surface area contributed by atoms with Crippen molar-refractivity contribution in [3.63, 3.8) is 0 Å². The quantitative estimate of drug-likeness (QED) is 0.883. The third-order valence-electron chi connectivity index (χ3n) is 4.09. The highest BCUT2D eigenvalue weighted by Gasteiger charge is 2.29. The van der Waals surface area contributed by atoms with Crippen molar-refractivity contribution < 1.29 is 0 Å². The predicted octanol–water partition coefficient (Wildman–Crippen LogP) is 2.17. The van der Waals surface area contributed by atoms with E-state index in [4.69, 9.17) is 0 Å². The zero-order valence-corrected chi connectivity index (χ0v) is 11.2. The lowest BCUT2D eigenvalue weighted by Gasteiger charge is -2.22. The molecule has 3 heteroatoms. The third-order valence-corrected chi connectivity index (χ3v) is 4.09. The van der Waals surface area contributed by atoms with Crippen molar-refractivity contribution in [2.45, 2.75) is 58.0 Å². The lowest BCUT2D eigenvalue weighted by atomic mass is 9.94. The van der Waals surface area contributed by atoms with Crippen LogP contribution in [0.2, 0.25) is 0 Å². The Labute approximate surface area is 108 Å². The zero-order valence-electron chi connectivity index (χ0n) is 11.2. The van der Waals surface area contributed by atoms with E-state index in [0.717, 1.165) is 31.5 Å². The molecule has 18 heavy (non-hydrogen) atoms. The van der Waals surface area contributed by atoms with Gasteiger partial charge in [0.25, 0.3) is 5.56 Å². The Morgan fingerprint density at radius 2 is 2.11 bits per heavy atom. The van der Waals surface area contributed by atoms with Gasteiger partial charge < -0.3 is 9.88 Å². The van der Waals surface area contributed by atoms with Crippen LogP contribution in [0.3, 0.4) is 0 Å². The number of pyridine rings is 1. The standard InChI is InChI=1S/C15H22N2O/c1-2-16-10-12-9-11-5-3-4-6-14(11)17(15(12)18)13-7-8-13/h9,13,16H,2-8,10H2,1H3. The normalized spacial score (nSPS) is 18.7. The minimum Gasteiger partial charge on any atom is -0.313 e. The van der Waals surface area contributed by atoms with E-state index in [0.29, 0.717) is 6.04 Å². The predicted molar refractivity (Wildman–Crippen MR) is 73.0 cm³/mol. The van der Waals surface area contributed by atoms with E-state index in [1.54, 1.807) is 0 Å². The Bertz CT molecular complexity index is 500. The van der Waals surface area contributed by atoms with Crippen LogP contribution in [0.5, 0.6) is 0 Å². The molecular formula is C15H22N2O.